The van der Waals surface area contributed by atoms with E-state index >= 15 is 0 Å². The summed E-state index contributed by atoms with van der Waals surface area (Å²) in [5.74, 6) is -2.12. The fourth-order valence-electron chi connectivity index (χ4n) is 1.18. The molecule has 0 aliphatic rings. The first-order chi connectivity index (χ1) is 11.1. The average Bonchev–Trinajstić information content (AvgIpc) is 2.56. The Labute approximate surface area is 139 Å². The number of nitriles is 2. The summed E-state index contributed by atoms with van der Waals surface area (Å²) in [7, 11) is 0. The van der Waals surface area contributed by atoms with Gasteiger partial charge in [-0.05, 0) is 26.7 Å². The van der Waals surface area contributed by atoms with Gasteiger partial charge >= 0.3 is 11.9 Å². The minimum atomic E-state index is -1.35. The summed E-state index contributed by atoms with van der Waals surface area (Å²) in [5, 5.41) is 58.0. The van der Waals surface area contributed by atoms with Crippen molar-refractivity contribution in [2.24, 2.45) is 10.2 Å². The number of carboxylic acids is 2. The van der Waals surface area contributed by atoms with E-state index in [0.29, 0.717) is 0 Å². The number of hydrogen-bond donors (Lipinski definition) is 4. The van der Waals surface area contributed by atoms with Crippen LogP contribution in [0.3, 0.4) is 0 Å². The maximum atomic E-state index is 10.5. The van der Waals surface area contributed by atoms with Crippen LogP contribution in [0.1, 0.15) is 39.5 Å². The first kappa shape index (κ1) is 23.7. The molecule has 0 radical (unpaired) electrons. The van der Waals surface area contributed by atoms with Gasteiger partial charge < -0.3 is 20.4 Å². The third-order valence-corrected chi connectivity index (χ3v) is 2.72. The SMILES string of the molecule is CC(C#N)(CCC(=O)O)N=NC(C)(C#N)CCC(=O)O.OCCO. The minimum Gasteiger partial charge on any atom is -0.481 e. The maximum Gasteiger partial charge on any atom is 0.303 e. The molecule has 0 saturated carbocycles. The molecule has 0 aliphatic carbocycles. The Morgan fingerprint density at radius 2 is 1.17 bits per heavy atom. The predicted octanol–water partition coefficient (Wildman–Crippen LogP) is 0.704. The van der Waals surface area contributed by atoms with Crippen molar-refractivity contribution in [1.29, 1.82) is 10.5 Å². The second-order valence-electron chi connectivity index (χ2n) is 5.21. The number of azo groups is 1. The maximum absolute atomic E-state index is 10.5. The lowest BCUT2D eigenvalue weighted by Gasteiger charge is -2.18. The van der Waals surface area contributed by atoms with E-state index in [4.69, 9.17) is 30.9 Å². The molecule has 2 unspecified atom stereocenters. The number of nitrogens with zero attached hydrogens (tertiary/aromatic N) is 4. The zero-order valence-electron chi connectivity index (χ0n) is 13.6. The number of aliphatic hydroxyl groups excluding tert-OH is 2. The highest BCUT2D eigenvalue weighted by Crippen LogP contribution is 2.23. The second kappa shape index (κ2) is 11.9. The fourth-order valence-corrected chi connectivity index (χ4v) is 1.18. The van der Waals surface area contributed by atoms with Crippen LogP contribution in [0, 0.1) is 22.7 Å². The van der Waals surface area contributed by atoms with Gasteiger partial charge in [0, 0.05) is 12.8 Å². The molecule has 4 N–H and O–H groups in total. The van der Waals surface area contributed by atoms with Crippen molar-refractivity contribution in [2.45, 2.75) is 50.6 Å². The summed E-state index contributed by atoms with van der Waals surface area (Å²) < 4.78 is 0. The molecule has 0 aromatic rings. The number of aliphatic hydroxyl groups is 2. The Bertz CT molecular complexity index is 478. The molecule has 10 nitrogen and oxygen atoms in total. The normalized spacial score (nSPS) is 15.1. The van der Waals surface area contributed by atoms with Crippen LogP contribution in [0.4, 0.5) is 0 Å². The zero-order valence-corrected chi connectivity index (χ0v) is 13.6. The summed E-state index contributed by atoms with van der Waals surface area (Å²) >= 11 is 0. The highest BCUT2D eigenvalue weighted by molar-refractivity contribution is 5.67. The van der Waals surface area contributed by atoms with E-state index in [0.717, 1.165) is 0 Å². The highest BCUT2D eigenvalue weighted by atomic mass is 16.4. The molecule has 0 saturated heterocycles. The van der Waals surface area contributed by atoms with Gasteiger partial charge in [0.2, 0.25) is 0 Å². The Morgan fingerprint density at radius 1 is 0.875 bits per heavy atom. The molecule has 0 heterocycles. The summed E-state index contributed by atoms with van der Waals surface area (Å²) in [6, 6.07) is 3.69. The van der Waals surface area contributed by atoms with Gasteiger partial charge in [0.05, 0.1) is 25.4 Å². The smallest absolute Gasteiger partial charge is 0.303 e. The molecular weight excluding hydrogens is 320 g/mol. The molecule has 0 rings (SSSR count). The fraction of sp³-hybridized carbons (Fsp3) is 0.714. The predicted molar refractivity (Wildman–Crippen MR) is 80.8 cm³/mol. The molecule has 0 amide bonds. The Kier molecular flexibility index (Phi) is 11.8. The van der Waals surface area contributed by atoms with Gasteiger partial charge in [-0.2, -0.15) is 20.8 Å². The van der Waals surface area contributed by atoms with E-state index in [2.05, 4.69) is 10.2 Å². The number of carboxylic acid groups (broad SMARTS) is 2. The molecule has 10 heteroatoms. The first-order valence-electron chi connectivity index (χ1n) is 7.00. The molecule has 0 aromatic heterocycles. The van der Waals surface area contributed by atoms with Crippen molar-refractivity contribution in [3.8, 4) is 12.1 Å². The minimum absolute atomic E-state index is 0.0389. The quantitative estimate of drug-likeness (QED) is 0.440. The van der Waals surface area contributed by atoms with E-state index < -0.39 is 23.0 Å². The van der Waals surface area contributed by atoms with Crippen molar-refractivity contribution < 1.29 is 30.0 Å². The molecule has 134 valence electrons. The monoisotopic (exact) mass is 342 g/mol. The van der Waals surface area contributed by atoms with Crippen LogP contribution < -0.4 is 0 Å². The van der Waals surface area contributed by atoms with E-state index in [9.17, 15) is 9.59 Å². The number of carbonyl (C=O) groups is 2. The molecule has 24 heavy (non-hydrogen) atoms. The van der Waals surface area contributed by atoms with Crippen LogP contribution in [0.2, 0.25) is 0 Å². The number of aliphatic carboxylic acids is 2. The average molecular weight is 342 g/mol. The van der Waals surface area contributed by atoms with Crippen molar-refractivity contribution >= 4 is 11.9 Å². The van der Waals surface area contributed by atoms with Gasteiger partial charge in [0.25, 0.3) is 0 Å². The standard InChI is InChI=1S/C12H16N4O4.C2H6O2/c1-11(7-13,5-3-9(17)18)15-16-12(2,8-14)6-4-10(19)20;3-1-2-4/h3-6H2,1-2H3,(H,17,18)(H,19,20);3-4H,1-2H2. The van der Waals surface area contributed by atoms with E-state index in [1.54, 1.807) is 0 Å². The van der Waals surface area contributed by atoms with Crippen molar-refractivity contribution in [2.75, 3.05) is 13.2 Å². The van der Waals surface area contributed by atoms with Crippen molar-refractivity contribution in [1.82, 2.24) is 0 Å². The number of rotatable bonds is 9. The van der Waals surface area contributed by atoms with Crippen molar-refractivity contribution in [3.63, 3.8) is 0 Å². The van der Waals surface area contributed by atoms with Crippen molar-refractivity contribution in [3.05, 3.63) is 0 Å². The molecule has 2 atom stereocenters. The molecule has 0 bridgehead atoms. The first-order valence-corrected chi connectivity index (χ1v) is 7.00. The van der Waals surface area contributed by atoms with E-state index in [1.165, 1.54) is 13.8 Å². The summed E-state index contributed by atoms with van der Waals surface area (Å²) in [5.41, 5.74) is -2.69. The van der Waals surface area contributed by atoms with Crippen LogP contribution in [-0.4, -0.2) is 56.7 Å². The topological polar surface area (TPSA) is 187 Å². The Morgan fingerprint density at radius 3 is 1.33 bits per heavy atom. The van der Waals surface area contributed by atoms with Gasteiger partial charge in [0.15, 0.2) is 11.1 Å². The van der Waals surface area contributed by atoms with Crippen LogP contribution in [-0.2, 0) is 9.59 Å². The highest BCUT2D eigenvalue weighted by Gasteiger charge is 2.29. The van der Waals surface area contributed by atoms with Gasteiger partial charge in [-0.25, -0.2) is 0 Å². The molecule has 0 spiro atoms. The van der Waals surface area contributed by atoms with E-state index in [1.807, 2.05) is 12.1 Å². The molecule has 0 aliphatic heterocycles. The molecule has 0 aromatic carbocycles. The van der Waals surface area contributed by atoms with Crippen LogP contribution in [0.25, 0.3) is 0 Å². The summed E-state index contributed by atoms with van der Waals surface area (Å²) in [6.45, 7) is 2.57. The van der Waals surface area contributed by atoms with Crippen LogP contribution in [0.5, 0.6) is 0 Å². The van der Waals surface area contributed by atoms with Gasteiger partial charge in [0.1, 0.15) is 0 Å². The summed E-state index contributed by atoms with van der Waals surface area (Å²) in [6.07, 6.45) is -0.575. The Balaban J connectivity index is 0. The third kappa shape index (κ3) is 12.0. The molecule has 0 fully saturated rings. The lowest BCUT2D eigenvalue weighted by molar-refractivity contribution is -0.138. The zero-order chi connectivity index (χ0) is 19.2. The van der Waals surface area contributed by atoms with E-state index in [-0.39, 0.29) is 38.9 Å². The van der Waals surface area contributed by atoms with Gasteiger partial charge in [-0.3, -0.25) is 9.59 Å². The van der Waals surface area contributed by atoms with Crippen LogP contribution in [0.15, 0.2) is 10.2 Å². The third-order valence-electron chi connectivity index (χ3n) is 2.72. The molecular formula is C14H22N4O6. The lowest BCUT2D eigenvalue weighted by Crippen LogP contribution is -2.25. The van der Waals surface area contributed by atoms with Gasteiger partial charge in [-0.15, -0.1) is 0 Å². The second-order valence-corrected chi connectivity index (χ2v) is 5.21. The lowest BCUT2D eigenvalue weighted by atomic mass is 9.97. The Hall–Kier alpha value is -2.56. The van der Waals surface area contributed by atoms with Gasteiger partial charge in [-0.1, -0.05) is 0 Å². The van der Waals surface area contributed by atoms with Crippen LogP contribution >= 0.6 is 0 Å². The number of hydrogen-bond acceptors (Lipinski definition) is 8. The largest absolute Gasteiger partial charge is 0.481 e. The summed E-state index contributed by atoms with van der Waals surface area (Å²) in [4.78, 5) is 21.0.